The average molecular weight is 333 g/mol. The van der Waals surface area contributed by atoms with Gasteiger partial charge in [-0.1, -0.05) is 0 Å². The number of benzene rings is 1. The molecule has 0 bridgehead atoms. The van der Waals surface area contributed by atoms with E-state index in [1.807, 2.05) is 0 Å². The highest BCUT2D eigenvalue weighted by molar-refractivity contribution is 8.13. The number of hydrogen-bond acceptors (Lipinski definition) is 6. The minimum absolute atomic E-state index is 0.196. The normalized spacial score (nSPS) is 10.5. The van der Waals surface area contributed by atoms with Crippen LogP contribution in [-0.4, -0.2) is 38.6 Å². The molecule has 0 radical (unpaired) electrons. The zero-order valence-corrected chi connectivity index (χ0v) is 11.9. The Balaban J connectivity index is 2.96. The van der Waals surface area contributed by atoms with Crippen molar-refractivity contribution >= 4 is 31.6 Å². The van der Waals surface area contributed by atoms with Gasteiger partial charge in [0.25, 0.3) is 15.0 Å². The second-order valence-corrected chi connectivity index (χ2v) is 6.19. The first kappa shape index (κ1) is 16.7. The van der Waals surface area contributed by atoms with Gasteiger partial charge in [0.1, 0.15) is 17.9 Å². The van der Waals surface area contributed by atoms with Crippen LogP contribution < -0.4 is 10.1 Å². The first-order valence-electron chi connectivity index (χ1n) is 5.34. The second kappa shape index (κ2) is 6.92. The maximum absolute atomic E-state index is 11.2. The van der Waals surface area contributed by atoms with Crippen LogP contribution in [0.25, 0.3) is 0 Å². The maximum atomic E-state index is 11.2. The molecule has 112 valence electrons. The molecule has 0 fully saturated rings. The van der Waals surface area contributed by atoms with Gasteiger partial charge in [-0.25, -0.2) is 13.2 Å². The summed E-state index contributed by atoms with van der Waals surface area (Å²) in [6, 6.07) is 4.65. The van der Waals surface area contributed by atoms with Crippen LogP contribution in [0.15, 0.2) is 23.1 Å². The van der Waals surface area contributed by atoms with Gasteiger partial charge >= 0.3 is 5.97 Å². The van der Waals surface area contributed by atoms with Gasteiger partial charge in [-0.15, -0.1) is 0 Å². The number of carboxylic acids is 1. The van der Waals surface area contributed by atoms with E-state index in [0.717, 1.165) is 18.2 Å². The van der Waals surface area contributed by atoms with Crippen molar-refractivity contribution in [2.75, 3.05) is 13.2 Å². The molecule has 1 amide bonds. The predicted octanol–water partition coefficient (Wildman–Crippen LogP) is 0.331. The fraction of sp³-hybridized carbons (Fsp3) is 0.182. The van der Waals surface area contributed by atoms with Gasteiger partial charge in [-0.3, -0.25) is 4.79 Å². The largest absolute Gasteiger partial charge is 0.483 e. The molecule has 0 atom stereocenters. The molecule has 0 heterocycles. The van der Waals surface area contributed by atoms with Crippen molar-refractivity contribution in [2.45, 2.75) is 4.90 Å². The van der Waals surface area contributed by atoms with E-state index in [0.29, 0.717) is 0 Å². The van der Waals surface area contributed by atoms with Crippen LogP contribution in [0.3, 0.4) is 0 Å². The number of aromatic carboxylic acids is 1. The Morgan fingerprint density at radius 2 is 2.10 bits per heavy atom. The number of halogens is 1. The van der Waals surface area contributed by atoms with Gasteiger partial charge in [0.15, 0.2) is 6.61 Å². The van der Waals surface area contributed by atoms with E-state index in [9.17, 15) is 18.0 Å². The fourth-order valence-electron chi connectivity index (χ4n) is 1.29. The molecule has 0 saturated carbocycles. The van der Waals surface area contributed by atoms with Gasteiger partial charge in [-0.2, -0.15) is 5.26 Å². The van der Waals surface area contributed by atoms with Crippen molar-refractivity contribution in [1.29, 1.82) is 5.26 Å². The van der Waals surface area contributed by atoms with E-state index in [-0.39, 0.29) is 12.3 Å². The molecular formula is C11H9ClN2O6S. The molecule has 0 unspecified atom stereocenters. The van der Waals surface area contributed by atoms with Gasteiger partial charge in [0, 0.05) is 10.7 Å². The Bertz CT molecular complexity index is 710. The van der Waals surface area contributed by atoms with Gasteiger partial charge in [-0.05, 0) is 18.2 Å². The molecule has 1 aromatic rings. The number of carboxylic acid groups (broad SMARTS) is 1. The second-order valence-electron chi connectivity index (χ2n) is 3.62. The highest BCUT2D eigenvalue weighted by atomic mass is 35.7. The summed E-state index contributed by atoms with van der Waals surface area (Å²) in [5.41, 5.74) is -0.454. The molecule has 0 aliphatic rings. The molecule has 1 aromatic carbocycles. The molecule has 10 heteroatoms. The third kappa shape index (κ3) is 4.94. The highest BCUT2D eigenvalue weighted by Crippen LogP contribution is 2.24. The number of nitriles is 1. The SMILES string of the molecule is N#CCNC(=O)COc1ccc(S(=O)(=O)Cl)cc1C(=O)O. The van der Waals surface area contributed by atoms with Gasteiger partial charge in [0.05, 0.1) is 11.0 Å². The number of nitrogens with one attached hydrogen (secondary N) is 1. The van der Waals surface area contributed by atoms with Gasteiger partial charge < -0.3 is 15.2 Å². The Kier molecular flexibility index (Phi) is 5.52. The summed E-state index contributed by atoms with van der Waals surface area (Å²) in [4.78, 5) is 21.9. The van der Waals surface area contributed by atoms with E-state index >= 15 is 0 Å². The third-order valence-electron chi connectivity index (χ3n) is 2.19. The van der Waals surface area contributed by atoms with E-state index in [2.05, 4.69) is 5.32 Å². The smallest absolute Gasteiger partial charge is 0.339 e. The van der Waals surface area contributed by atoms with Crippen molar-refractivity contribution in [2.24, 2.45) is 0 Å². The van der Waals surface area contributed by atoms with E-state index < -0.39 is 38.0 Å². The third-order valence-corrected chi connectivity index (χ3v) is 3.54. The van der Waals surface area contributed by atoms with Crippen LogP contribution in [0.2, 0.25) is 0 Å². The standard InChI is InChI=1S/C11H9ClN2O6S/c12-21(18,19)7-1-2-9(8(5-7)11(16)17)20-6-10(15)14-4-3-13/h1-2,5H,4,6H2,(H,14,15)(H,16,17). The zero-order valence-electron chi connectivity index (χ0n) is 10.4. The molecule has 21 heavy (non-hydrogen) atoms. The highest BCUT2D eigenvalue weighted by Gasteiger charge is 2.18. The number of amides is 1. The van der Waals surface area contributed by atoms with Crippen molar-refractivity contribution < 1.29 is 27.9 Å². The molecule has 0 aliphatic carbocycles. The number of hydrogen-bond donors (Lipinski definition) is 2. The minimum Gasteiger partial charge on any atom is -0.483 e. The van der Waals surface area contributed by atoms with Crippen molar-refractivity contribution in [3.63, 3.8) is 0 Å². The van der Waals surface area contributed by atoms with E-state index in [1.54, 1.807) is 6.07 Å². The van der Waals surface area contributed by atoms with Crippen LogP contribution in [0, 0.1) is 11.3 Å². The van der Waals surface area contributed by atoms with Crippen molar-refractivity contribution in [3.8, 4) is 11.8 Å². The molecule has 1 rings (SSSR count). The predicted molar refractivity (Wildman–Crippen MR) is 70.6 cm³/mol. The fourth-order valence-corrected chi connectivity index (χ4v) is 2.06. The lowest BCUT2D eigenvalue weighted by molar-refractivity contribution is -0.122. The minimum atomic E-state index is -4.08. The van der Waals surface area contributed by atoms with Crippen LogP contribution in [0.4, 0.5) is 0 Å². The summed E-state index contributed by atoms with van der Waals surface area (Å²) in [6.45, 7) is -0.730. The Morgan fingerprint density at radius 1 is 1.43 bits per heavy atom. The van der Waals surface area contributed by atoms with Crippen LogP contribution in [-0.2, 0) is 13.8 Å². The summed E-state index contributed by atoms with van der Waals surface area (Å²) in [5.74, 6) is -2.26. The molecule has 0 aromatic heterocycles. The summed E-state index contributed by atoms with van der Waals surface area (Å²) in [5, 5.41) is 19.5. The summed E-state index contributed by atoms with van der Waals surface area (Å²) in [7, 11) is 1.04. The summed E-state index contributed by atoms with van der Waals surface area (Å²) in [6.07, 6.45) is 0. The number of carbonyl (C=O) groups excluding carboxylic acids is 1. The topological polar surface area (TPSA) is 134 Å². The number of ether oxygens (including phenoxy) is 1. The van der Waals surface area contributed by atoms with E-state index in [1.165, 1.54) is 0 Å². The summed E-state index contributed by atoms with van der Waals surface area (Å²) >= 11 is 0. The van der Waals surface area contributed by atoms with Gasteiger partial charge in [0.2, 0.25) is 0 Å². The Morgan fingerprint density at radius 3 is 2.62 bits per heavy atom. The Labute approximate surface area is 124 Å². The maximum Gasteiger partial charge on any atom is 0.339 e. The number of rotatable bonds is 6. The number of carbonyl (C=O) groups is 2. The molecule has 8 nitrogen and oxygen atoms in total. The molecule has 0 aliphatic heterocycles. The average Bonchev–Trinajstić information content (AvgIpc) is 2.41. The molecule has 2 N–H and O–H groups in total. The quantitative estimate of drug-likeness (QED) is 0.566. The molecule has 0 spiro atoms. The van der Waals surface area contributed by atoms with Crippen LogP contribution in [0.1, 0.15) is 10.4 Å². The van der Waals surface area contributed by atoms with Crippen molar-refractivity contribution in [3.05, 3.63) is 23.8 Å². The van der Waals surface area contributed by atoms with Crippen molar-refractivity contribution in [1.82, 2.24) is 5.32 Å². The first-order valence-corrected chi connectivity index (χ1v) is 7.65. The lowest BCUT2D eigenvalue weighted by atomic mass is 10.2. The lowest BCUT2D eigenvalue weighted by Crippen LogP contribution is -2.29. The summed E-state index contributed by atoms with van der Waals surface area (Å²) < 4.78 is 27.3. The van der Waals surface area contributed by atoms with Crippen LogP contribution >= 0.6 is 10.7 Å². The zero-order chi connectivity index (χ0) is 16.0. The Hall–Kier alpha value is -2.31. The van der Waals surface area contributed by atoms with Crippen LogP contribution in [0.5, 0.6) is 5.75 Å². The monoisotopic (exact) mass is 332 g/mol. The molecular weight excluding hydrogens is 324 g/mol. The van der Waals surface area contributed by atoms with E-state index in [4.69, 9.17) is 25.8 Å². The number of nitrogens with zero attached hydrogens (tertiary/aromatic N) is 1. The first-order chi connectivity index (χ1) is 9.75. The lowest BCUT2D eigenvalue weighted by Gasteiger charge is -2.09. The molecule has 0 saturated heterocycles.